The average molecular weight is 660 g/mol. The highest BCUT2D eigenvalue weighted by molar-refractivity contribution is 9.10. The van der Waals surface area contributed by atoms with E-state index in [1.807, 2.05) is 0 Å². The van der Waals surface area contributed by atoms with Crippen LogP contribution in [0.15, 0.2) is 33.2 Å². The lowest BCUT2D eigenvalue weighted by Gasteiger charge is -2.20. The van der Waals surface area contributed by atoms with Crippen molar-refractivity contribution in [2.24, 2.45) is 0 Å². The fraction of sp³-hybridized carbons (Fsp3) is 0.417. The SMILES string of the molecule is CCOC(=O)N(Cc1cc(Br)cc(-c2cc(Br)cc(CN(C(=O)OCC)C(=O)OCC)n2)n1)C(=O)OCC. The normalized spacial score (nSPS) is 10.4. The van der Waals surface area contributed by atoms with Gasteiger partial charge in [0.25, 0.3) is 0 Å². The van der Waals surface area contributed by atoms with Crippen LogP contribution < -0.4 is 0 Å². The van der Waals surface area contributed by atoms with Crippen molar-refractivity contribution >= 4 is 56.2 Å². The molecule has 12 nitrogen and oxygen atoms in total. The van der Waals surface area contributed by atoms with Gasteiger partial charge >= 0.3 is 24.4 Å². The molecule has 0 aliphatic carbocycles. The number of aromatic nitrogens is 2. The molecule has 0 fully saturated rings. The van der Waals surface area contributed by atoms with E-state index in [0.29, 0.717) is 31.7 Å². The molecule has 14 heteroatoms. The number of imide groups is 2. The fourth-order valence-electron chi connectivity index (χ4n) is 3.06. The second kappa shape index (κ2) is 15.2. The first kappa shape index (κ1) is 31.0. The molecule has 206 valence electrons. The number of rotatable bonds is 9. The molecule has 38 heavy (non-hydrogen) atoms. The lowest BCUT2D eigenvalue weighted by molar-refractivity contribution is 0.0769. The Hall–Kier alpha value is -3.26. The molecule has 2 aromatic heterocycles. The van der Waals surface area contributed by atoms with Crippen molar-refractivity contribution in [2.75, 3.05) is 26.4 Å². The number of ether oxygens (including phenoxy) is 4. The van der Waals surface area contributed by atoms with Crippen LogP contribution in [-0.2, 0) is 32.0 Å². The van der Waals surface area contributed by atoms with Crippen molar-refractivity contribution in [3.63, 3.8) is 0 Å². The van der Waals surface area contributed by atoms with E-state index >= 15 is 0 Å². The predicted octanol–water partition coefficient (Wildman–Crippen LogP) is 5.90. The minimum absolute atomic E-state index is 0.0747. The van der Waals surface area contributed by atoms with Gasteiger partial charge in [-0.05, 0) is 52.0 Å². The zero-order chi connectivity index (χ0) is 28.2. The highest BCUT2D eigenvalue weighted by Crippen LogP contribution is 2.26. The van der Waals surface area contributed by atoms with E-state index in [-0.39, 0.29) is 39.5 Å². The number of carbonyl (C=O) groups excluding carboxylic acids is 4. The molecule has 0 saturated heterocycles. The van der Waals surface area contributed by atoms with Crippen LogP contribution in [0.25, 0.3) is 11.4 Å². The van der Waals surface area contributed by atoms with Crippen molar-refractivity contribution in [3.8, 4) is 11.4 Å². The standard InChI is InChI=1S/C24H28Br2N4O8/c1-5-35-21(31)29(22(32)36-6-2)13-17-9-15(25)11-19(27-17)20-12-16(26)10-18(28-20)14-30(23(33)37-7-3)24(34)38-8-4/h9-12H,5-8,13-14H2,1-4H3. The summed E-state index contributed by atoms with van der Waals surface area (Å²) in [7, 11) is 0. The van der Waals surface area contributed by atoms with Gasteiger partial charge in [-0.15, -0.1) is 0 Å². The van der Waals surface area contributed by atoms with Crippen LogP contribution in [-0.4, -0.2) is 70.6 Å². The number of nitrogens with zero attached hydrogens (tertiary/aromatic N) is 4. The Bertz CT molecular complexity index is 1040. The Morgan fingerprint density at radius 3 is 1.16 bits per heavy atom. The van der Waals surface area contributed by atoms with Crippen molar-refractivity contribution in [2.45, 2.75) is 40.8 Å². The molecule has 0 atom stereocenters. The van der Waals surface area contributed by atoms with Crippen LogP contribution in [0.4, 0.5) is 19.2 Å². The second-order valence-corrected chi connectivity index (χ2v) is 9.12. The molecule has 2 heterocycles. The summed E-state index contributed by atoms with van der Waals surface area (Å²) in [5.41, 5.74) is 1.48. The number of hydrogen-bond acceptors (Lipinski definition) is 10. The van der Waals surface area contributed by atoms with Crippen LogP contribution in [0.5, 0.6) is 0 Å². The van der Waals surface area contributed by atoms with E-state index in [1.54, 1.807) is 52.0 Å². The van der Waals surface area contributed by atoms with Gasteiger partial charge in [-0.25, -0.2) is 38.9 Å². The number of pyridine rings is 2. The summed E-state index contributed by atoms with van der Waals surface area (Å²) >= 11 is 6.85. The molecule has 0 saturated carbocycles. The van der Waals surface area contributed by atoms with Crippen LogP contribution >= 0.6 is 31.9 Å². The maximum Gasteiger partial charge on any atom is 0.419 e. The first-order valence-corrected chi connectivity index (χ1v) is 13.3. The third kappa shape index (κ3) is 8.94. The maximum atomic E-state index is 12.4. The Balaban J connectivity index is 2.43. The van der Waals surface area contributed by atoms with Gasteiger partial charge < -0.3 is 18.9 Å². The lowest BCUT2D eigenvalue weighted by atomic mass is 10.2. The first-order valence-electron chi connectivity index (χ1n) is 11.7. The van der Waals surface area contributed by atoms with Crippen molar-refractivity contribution in [1.82, 2.24) is 19.8 Å². The highest BCUT2D eigenvalue weighted by atomic mass is 79.9. The predicted molar refractivity (Wildman–Crippen MR) is 142 cm³/mol. The molecule has 2 aromatic rings. The summed E-state index contributed by atoms with van der Waals surface area (Å²) in [6.07, 6.45) is -3.46. The van der Waals surface area contributed by atoms with Crippen LogP contribution in [0.1, 0.15) is 39.1 Å². The number of amides is 4. The van der Waals surface area contributed by atoms with Crippen LogP contribution in [0.2, 0.25) is 0 Å². The molecule has 2 rings (SSSR count). The molecule has 0 bridgehead atoms. The van der Waals surface area contributed by atoms with E-state index in [2.05, 4.69) is 41.8 Å². The number of hydrogen-bond donors (Lipinski definition) is 0. The van der Waals surface area contributed by atoms with E-state index < -0.39 is 24.4 Å². The van der Waals surface area contributed by atoms with Gasteiger partial charge in [0, 0.05) is 8.95 Å². The van der Waals surface area contributed by atoms with E-state index in [9.17, 15) is 19.2 Å². The van der Waals surface area contributed by atoms with Crippen LogP contribution in [0, 0.1) is 0 Å². The topological polar surface area (TPSA) is 137 Å². The summed E-state index contributed by atoms with van der Waals surface area (Å²) in [6.45, 7) is 6.36. The van der Waals surface area contributed by atoms with Gasteiger partial charge in [0.2, 0.25) is 0 Å². The monoisotopic (exact) mass is 658 g/mol. The molecule has 0 aliphatic heterocycles. The molecule has 0 spiro atoms. The van der Waals surface area contributed by atoms with Gasteiger partial charge in [0.05, 0.1) is 62.3 Å². The Labute approximate surface area is 236 Å². The largest absolute Gasteiger partial charge is 0.449 e. The molecule has 0 aromatic carbocycles. The molecule has 0 unspecified atom stereocenters. The Morgan fingerprint density at radius 2 is 0.895 bits per heavy atom. The van der Waals surface area contributed by atoms with Crippen LogP contribution in [0.3, 0.4) is 0 Å². The minimum atomic E-state index is -0.866. The highest BCUT2D eigenvalue weighted by Gasteiger charge is 2.27. The Morgan fingerprint density at radius 1 is 0.605 bits per heavy atom. The third-order valence-corrected chi connectivity index (χ3v) is 5.46. The number of carbonyl (C=O) groups is 4. The first-order chi connectivity index (χ1) is 18.1. The maximum absolute atomic E-state index is 12.4. The van der Waals surface area contributed by atoms with Gasteiger partial charge in [0.15, 0.2) is 0 Å². The summed E-state index contributed by atoms with van der Waals surface area (Å²) in [5, 5.41) is 0. The summed E-state index contributed by atoms with van der Waals surface area (Å²) < 4.78 is 21.1. The smallest absolute Gasteiger partial charge is 0.419 e. The third-order valence-electron chi connectivity index (χ3n) is 4.54. The summed E-state index contributed by atoms with van der Waals surface area (Å²) in [6, 6.07) is 6.65. The summed E-state index contributed by atoms with van der Waals surface area (Å²) in [5.74, 6) is 0. The second-order valence-electron chi connectivity index (χ2n) is 7.29. The Kier molecular flexibility index (Phi) is 12.4. The molecule has 0 radical (unpaired) electrons. The van der Waals surface area contributed by atoms with Crippen molar-refractivity contribution in [1.29, 1.82) is 0 Å². The van der Waals surface area contributed by atoms with E-state index in [4.69, 9.17) is 18.9 Å². The quantitative estimate of drug-likeness (QED) is 0.299. The molecule has 0 N–H and O–H groups in total. The van der Waals surface area contributed by atoms with Crippen molar-refractivity contribution in [3.05, 3.63) is 44.6 Å². The van der Waals surface area contributed by atoms with E-state index in [1.165, 1.54) is 0 Å². The zero-order valence-electron chi connectivity index (χ0n) is 21.4. The van der Waals surface area contributed by atoms with E-state index in [0.717, 1.165) is 9.80 Å². The summed E-state index contributed by atoms with van der Waals surface area (Å²) in [4.78, 5) is 60.2. The van der Waals surface area contributed by atoms with Gasteiger partial charge in [-0.3, -0.25) is 0 Å². The zero-order valence-corrected chi connectivity index (χ0v) is 24.5. The number of halogens is 2. The van der Waals surface area contributed by atoms with Gasteiger partial charge in [-0.2, -0.15) is 0 Å². The average Bonchev–Trinajstić information content (AvgIpc) is 2.85. The fourth-order valence-corrected chi connectivity index (χ4v) is 4.02. The van der Waals surface area contributed by atoms with Gasteiger partial charge in [-0.1, -0.05) is 31.9 Å². The lowest BCUT2D eigenvalue weighted by Crippen LogP contribution is -2.37. The van der Waals surface area contributed by atoms with Gasteiger partial charge in [0.1, 0.15) is 0 Å². The molecular weight excluding hydrogens is 632 g/mol. The molecule has 0 aliphatic rings. The van der Waals surface area contributed by atoms with Crippen molar-refractivity contribution < 1.29 is 38.1 Å². The molecule has 4 amide bonds. The molecular formula is C24H28Br2N4O8. The minimum Gasteiger partial charge on any atom is -0.449 e.